The average Bonchev–Trinajstić information content (AvgIpc) is 2.29. The number of carbonyl (C=O) groups is 2. The summed E-state index contributed by atoms with van der Waals surface area (Å²) >= 11 is 0. The molecule has 64 valence electrons. The number of aliphatic carboxylic acids is 1. The molecule has 0 radical (unpaired) electrons. The Balaban J connectivity index is 3.78. The van der Waals surface area contributed by atoms with E-state index in [1.54, 1.807) is 0 Å². The number of benzene rings is 1. The molecule has 1 rings (SSSR count). The zero-order valence-corrected chi connectivity index (χ0v) is 6.21. The summed E-state index contributed by atoms with van der Waals surface area (Å²) < 4.78 is 29.3. The van der Waals surface area contributed by atoms with Crippen LogP contribution >= 0.6 is 0 Å². The second-order valence-electron chi connectivity index (χ2n) is 2.00. The fourth-order valence-corrected chi connectivity index (χ4v) is 0.674. The Labute approximate surface area is 79.7 Å². The molecule has 0 spiro atoms. The van der Waals surface area contributed by atoms with Crippen LogP contribution in [-0.4, -0.2) is 16.9 Å². The second kappa shape index (κ2) is 3.50. The van der Waals surface area contributed by atoms with Gasteiger partial charge in [0.2, 0.25) is 0 Å². The maximum Gasteiger partial charge on any atom is 0.377 e. The molecule has 4 heteroatoms. The Hall–Kier alpha value is -2.15. The van der Waals surface area contributed by atoms with Gasteiger partial charge in [0.15, 0.2) is 0 Å². The number of rotatable bonds is 2. The van der Waals surface area contributed by atoms with Gasteiger partial charge in [0, 0.05) is 5.56 Å². The fourth-order valence-electron chi connectivity index (χ4n) is 0.674. The molecule has 0 saturated carbocycles. The van der Waals surface area contributed by atoms with E-state index >= 15 is 0 Å². The Morgan fingerprint density at radius 1 is 1.46 bits per heavy atom. The van der Waals surface area contributed by atoms with Gasteiger partial charge in [-0.3, -0.25) is 4.79 Å². The van der Waals surface area contributed by atoms with Crippen molar-refractivity contribution in [3.63, 3.8) is 0 Å². The number of carbonyl (C=O) groups excluding carboxylic acids is 1. The minimum Gasteiger partial charge on any atom is -0.475 e. The van der Waals surface area contributed by atoms with Gasteiger partial charge in [0.05, 0.1) is 17.1 Å². The van der Waals surface area contributed by atoms with E-state index in [0.717, 1.165) is 0 Å². The first-order valence-corrected chi connectivity index (χ1v) is 3.11. The lowest BCUT2D eigenvalue weighted by Gasteiger charge is -1.96. The number of nitrogens with zero attached hydrogens (tertiary/aromatic N) is 1. The predicted octanol–water partition coefficient (Wildman–Crippen LogP) is 0.826. The molecule has 1 N–H and O–H groups in total. The van der Waals surface area contributed by atoms with E-state index in [9.17, 15) is 9.59 Å². The van der Waals surface area contributed by atoms with Crippen molar-refractivity contribution in [1.29, 1.82) is 5.26 Å². The molecule has 0 aromatic heterocycles. The van der Waals surface area contributed by atoms with Crippen molar-refractivity contribution >= 4 is 11.8 Å². The number of carboxylic acids is 1. The zero-order valence-electron chi connectivity index (χ0n) is 10.2. The molecule has 0 aliphatic rings. The van der Waals surface area contributed by atoms with E-state index in [1.165, 1.54) is 6.07 Å². The number of Topliss-reactive ketones (excluding diaryl/α,β-unsaturated/α-hetero) is 1. The standard InChI is InChI=1S/C9H5NO3/c10-5-6-3-1-2-4-7(6)8(11)9(12)13/h1-4H,(H,12,13)/i1D,2D,3D,4D,8+1. The monoisotopic (exact) mass is 180 g/mol. The van der Waals surface area contributed by atoms with Crippen LogP contribution in [0.2, 0.25) is 0 Å². The van der Waals surface area contributed by atoms with Gasteiger partial charge in [0.1, 0.15) is 0 Å². The van der Waals surface area contributed by atoms with Crippen molar-refractivity contribution in [2.75, 3.05) is 0 Å². The van der Waals surface area contributed by atoms with Gasteiger partial charge >= 0.3 is 5.97 Å². The first kappa shape index (κ1) is 4.77. The van der Waals surface area contributed by atoms with Crippen LogP contribution in [-0.2, 0) is 4.79 Å². The number of carboxylic acid groups (broad SMARTS) is 1. The van der Waals surface area contributed by atoms with Gasteiger partial charge in [-0.05, 0) is 12.1 Å². The molecule has 0 aliphatic heterocycles. The quantitative estimate of drug-likeness (QED) is 0.415. The van der Waals surface area contributed by atoms with Gasteiger partial charge in [-0.15, -0.1) is 0 Å². The van der Waals surface area contributed by atoms with Crippen molar-refractivity contribution in [3.05, 3.63) is 35.3 Å². The van der Waals surface area contributed by atoms with E-state index in [4.69, 9.17) is 15.9 Å². The van der Waals surface area contributed by atoms with Crippen LogP contribution < -0.4 is 0 Å². The molecular weight excluding hydrogens is 171 g/mol. The molecule has 0 heterocycles. The van der Waals surface area contributed by atoms with Gasteiger partial charge in [-0.25, -0.2) is 4.79 Å². The molecule has 0 atom stereocenters. The Morgan fingerprint density at radius 3 is 2.62 bits per heavy atom. The van der Waals surface area contributed by atoms with Crippen LogP contribution in [0.4, 0.5) is 0 Å². The normalized spacial score (nSPS) is 13.2. The highest BCUT2D eigenvalue weighted by molar-refractivity contribution is 6.40. The van der Waals surface area contributed by atoms with Gasteiger partial charge in [0.25, 0.3) is 5.78 Å². The predicted molar refractivity (Wildman–Crippen MR) is 43.1 cm³/mol. The van der Waals surface area contributed by atoms with E-state index < -0.39 is 47.0 Å². The lowest BCUT2D eigenvalue weighted by molar-refractivity contribution is -0.131. The van der Waals surface area contributed by atoms with Gasteiger partial charge < -0.3 is 5.11 Å². The zero-order chi connectivity index (χ0) is 13.3. The van der Waals surface area contributed by atoms with Crippen molar-refractivity contribution in [2.24, 2.45) is 0 Å². The van der Waals surface area contributed by atoms with Crippen molar-refractivity contribution in [1.82, 2.24) is 0 Å². The Morgan fingerprint density at radius 2 is 2.08 bits per heavy atom. The summed E-state index contributed by atoms with van der Waals surface area (Å²) in [6.45, 7) is 0. The summed E-state index contributed by atoms with van der Waals surface area (Å²) in [5.74, 6) is -3.42. The van der Waals surface area contributed by atoms with E-state index in [-0.39, 0.29) is 0 Å². The molecular formula is C9H5NO3. The summed E-state index contributed by atoms with van der Waals surface area (Å²) in [5.41, 5.74) is -1.48. The first-order chi connectivity index (χ1) is 7.82. The SMILES string of the molecule is [2H]c1c([2H])c([2H])c([13C](=O)C(=O)O)c(C#N)c1[2H]. The summed E-state index contributed by atoms with van der Waals surface area (Å²) in [5, 5.41) is 17.2. The van der Waals surface area contributed by atoms with Crippen molar-refractivity contribution in [3.8, 4) is 6.07 Å². The van der Waals surface area contributed by atoms with Gasteiger partial charge in [-0.1, -0.05) is 12.1 Å². The largest absolute Gasteiger partial charge is 0.475 e. The summed E-state index contributed by atoms with van der Waals surface area (Å²) in [6.07, 6.45) is 0. The van der Waals surface area contributed by atoms with E-state index in [1.807, 2.05) is 0 Å². The summed E-state index contributed by atoms with van der Waals surface area (Å²) in [6, 6.07) is -1.57. The Kier molecular flexibility index (Phi) is 1.28. The molecule has 0 fully saturated rings. The molecule has 13 heavy (non-hydrogen) atoms. The number of nitriles is 1. The van der Waals surface area contributed by atoms with E-state index in [0.29, 0.717) is 0 Å². The topological polar surface area (TPSA) is 78.2 Å². The smallest absolute Gasteiger partial charge is 0.377 e. The summed E-state index contributed by atoms with van der Waals surface area (Å²) in [7, 11) is 0. The lowest BCUT2D eigenvalue weighted by atomic mass is 10.1. The molecule has 0 amide bonds. The third-order valence-electron chi connectivity index (χ3n) is 1.22. The maximum absolute atomic E-state index is 11.3. The summed E-state index contributed by atoms with van der Waals surface area (Å²) in [4.78, 5) is 21.8. The third-order valence-corrected chi connectivity index (χ3v) is 1.22. The maximum atomic E-state index is 11.3. The second-order valence-corrected chi connectivity index (χ2v) is 2.00. The highest BCUT2D eigenvalue weighted by atomic mass is 16.4. The molecule has 1 aromatic rings. The molecule has 0 bridgehead atoms. The van der Waals surface area contributed by atoms with Crippen LogP contribution in [0.15, 0.2) is 24.2 Å². The molecule has 4 nitrogen and oxygen atoms in total. The number of hydrogen-bond acceptors (Lipinski definition) is 3. The highest BCUT2D eigenvalue weighted by Crippen LogP contribution is 2.07. The highest BCUT2D eigenvalue weighted by Gasteiger charge is 2.17. The van der Waals surface area contributed by atoms with Crippen molar-refractivity contribution < 1.29 is 20.2 Å². The van der Waals surface area contributed by atoms with Crippen molar-refractivity contribution in [2.45, 2.75) is 0 Å². The number of ketones is 1. The molecule has 0 saturated heterocycles. The van der Waals surface area contributed by atoms with Crippen LogP contribution in [0.1, 0.15) is 21.4 Å². The third kappa shape index (κ3) is 1.71. The molecule has 0 aliphatic carbocycles. The Bertz CT molecular complexity index is 577. The van der Waals surface area contributed by atoms with Crippen LogP contribution in [0, 0.1) is 11.3 Å². The molecule has 1 aromatic carbocycles. The minimum atomic E-state index is -1.88. The van der Waals surface area contributed by atoms with Gasteiger partial charge in [-0.2, -0.15) is 5.26 Å². The average molecular weight is 180 g/mol. The number of hydrogen-bond donors (Lipinski definition) is 1. The minimum absolute atomic E-state index is 0.664. The molecule has 0 unspecified atom stereocenters. The lowest BCUT2D eigenvalue weighted by Crippen LogP contribution is -2.13. The van der Waals surface area contributed by atoms with Crippen LogP contribution in [0.5, 0.6) is 0 Å². The van der Waals surface area contributed by atoms with Crippen LogP contribution in [0.3, 0.4) is 0 Å². The first-order valence-electron chi connectivity index (χ1n) is 5.11. The fraction of sp³-hybridized carbons (Fsp3) is 0. The van der Waals surface area contributed by atoms with Crippen LogP contribution in [0.25, 0.3) is 0 Å². The van der Waals surface area contributed by atoms with E-state index in [2.05, 4.69) is 0 Å².